The molecule has 3 N–H and O–H groups in total. The third-order valence-electron chi connectivity index (χ3n) is 3.91. The Bertz CT molecular complexity index is 328. The number of likely N-dealkylation sites (tertiary alicyclic amines) is 1. The van der Waals surface area contributed by atoms with Crippen molar-refractivity contribution >= 4 is 5.91 Å². The summed E-state index contributed by atoms with van der Waals surface area (Å²) in [4.78, 5) is 14.4. The van der Waals surface area contributed by atoms with Gasteiger partial charge in [0.05, 0.1) is 5.60 Å². The van der Waals surface area contributed by atoms with Crippen molar-refractivity contribution in [1.29, 1.82) is 0 Å². The summed E-state index contributed by atoms with van der Waals surface area (Å²) in [6, 6.07) is 0.0899. The standard InChI is InChI=1S/C15H31N3O2/c1-14(2,3)17-13(19)9-12(10-16)18-8-6-7-15(4,11-18)20-5/h12H,6-11,16H2,1-5H3,(H,17,19). The lowest BCUT2D eigenvalue weighted by Crippen LogP contribution is -2.54. The van der Waals surface area contributed by atoms with E-state index >= 15 is 0 Å². The second-order valence-corrected chi connectivity index (χ2v) is 7.12. The van der Waals surface area contributed by atoms with Crippen molar-refractivity contribution in [1.82, 2.24) is 10.2 Å². The van der Waals surface area contributed by atoms with Crippen LogP contribution in [-0.2, 0) is 9.53 Å². The fraction of sp³-hybridized carbons (Fsp3) is 0.933. The molecular formula is C15H31N3O2. The fourth-order valence-corrected chi connectivity index (χ4v) is 2.77. The number of nitrogens with one attached hydrogen (secondary N) is 1. The molecule has 1 amide bonds. The molecule has 0 aromatic rings. The molecule has 0 spiro atoms. The molecule has 118 valence electrons. The third kappa shape index (κ3) is 5.38. The highest BCUT2D eigenvalue weighted by molar-refractivity contribution is 5.77. The maximum Gasteiger partial charge on any atom is 0.222 e. The van der Waals surface area contributed by atoms with Crippen molar-refractivity contribution in [2.75, 3.05) is 26.7 Å². The summed E-state index contributed by atoms with van der Waals surface area (Å²) in [5.41, 5.74) is 5.57. The highest BCUT2D eigenvalue weighted by Gasteiger charge is 2.34. The zero-order chi connectivity index (χ0) is 15.4. The maximum atomic E-state index is 12.1. The Kier molecular flexibility index (Phi) is 5.98. The van der Waals surface area contributed by atoms with Gasteiger partial charge in [-0.1, -0.05) is 0 Å². The lowest BCUT2D eigenvalue weighted by atomic mass is 9.93. The largest absolute Gasteiger partial charge is 0.377 e. The monoisotopic (exact) mass is 285 g/mol. The molecule has 0 radical (unpaired) electrons. The van der Waals surface area contributed by atoms with E-state index in [0.29, 0.717) is 13.0 Å². The van der Waals surface area contributed by atoms with Crippen LogP contribution in [0.3, 0.4) is 0 Å². The van der Waals surface area contributed by atoms with Gasteiger partial charge in [-0.3, -0.25) is 9.69 Å². The summed E-state index contributed by atoms with van der Waals surface area (Å²) in [5.74, 6) is 0.0673. The average molecular weight is 285 g/mol. The lowest BCUT2D eigenvalue weighted by molar-refractivity contribution is -0.124. The second kappa shape index (κ2) is 6.87. The first-order valence-corrected chi connectivity index (χ1v) is 7.49. The van der Waals surface area contributed by atoms with Gasteiger partial charge in [-0.2, -0.15) is 0 Å². The number of nitrogens with zero attached hydrogens (tertiary/aromatic N) is 1. The van der Waals surface area contributed by atoms with Crippen molar-refractivity contribution in [3.8, 4) is 0 Å². The average Bonchev–Trinajstić information content (AvgIpc) is 2.34. The number of nitrogens with two attached hydrogens (primary N) is 1. The van der Waals surface area contributed by atoms with Gasteiger partial charge >= 0.3 is 0 Å². The van der Waals surface area contributed by atoms with Crippen LogP contribution in [0.25, 0.3) is 0 Å². The van der Waals surface area contributed by atoms with Crippen LogP contribution in [-0.4, -0.2) is 54.7 Å². The van der Waals surface area contributed by atoms with Gasteiger partial charge in [-0.15, -0.1) is 0 Å². The molecule has 1 rings (SSSR count). The predicted molar refractivity (Wildman–Crippen MR) is 81.6 cm³/mol. The summed E-state index contributed by atoms with van der Waals surface area (Å²) in [7, 11) is 1.76. The molecule has 20 heavy (non-hydrogen) atoms. The van der Waals surface area contributed by atoms with E-state index < -0.39 is 0 Å². The minimum Gasteiger partial charge on any atom is -0.377 e. The summed E-state index contributed by atoms with van der Waals surface area (Å²) in [6.45, 7) is 10.4. The van der Waals surface area contributed by atoms with Crippen molar-refractivity contribution in [3.63, 3.8) is 0 Å². The van der Waals surface area contributed by atoms with E-state index in [-0.39, 0.29) is 23.1 Å². The Morgan fingerprint density at radius 2 is 2.15 bits per heavy atom. The highest BCUT2D eigenvalue weighted by Crippen LogP contribution is 2.25. The zero-order valence-corrected chi connectivity index (χ0v) is 13.7. The van der Waals surface area contributed by atoms with E-state index in [0.717, 1.165) is 25.9 Å². The van der Waals surface area contributed by atoms with E-state index in [9.17, 15) is 4.79 Å². The zero-order valence-electron chi connectivity index (χ0n) is 13.7. The number of hydrogen-bond acceptors (Lipinski definition) is 4. The highest BCUT2D eigenvalue weighted by atomic mass is 16.5. The molecule has 1 aliphatic heterocycles. The molecule has 0 aromatic carbocycles. The van der Waals surface area contributed by atoms with Gasteiger partial charge in [-0.05, 0) is 47.1 Å². The lowest BCUT2D eigenvalue weighted by Gasteiger charge is -2.43. The Hall–Kier alpha value is -0.650. The van der Waals surface area contributed by atoms with Gasteiger partial charge in [0.15, 0.2) is 0 Å². The minimum atomic E-state index is -0.195. The summed E-state index contributed by atoms with van der Waals surface area (Å²) in [5, 5.41) is 3.01. The van der Waals surface area contributed by atoms with E-state index in [1.54, 1.807) is 7.11 Å². The topological polar surface area (TPSA) is 67.6 Å². The molecule has 0 bridgehead atoms. The molecular weight excluding hydrogens is 254 g/mol. The molecule has 2 atom stereocenters. The second-order valence-electron chi connectivity index (χ2n) is 7.12. The molecule has 1 aliphatic rings. The first-order valence-electron chi connectivity index (χ1n) is 7.49. The van der Waals surface area contributed by atoms with Crippen LogP contribution in [0, 0.1) is 0 Å². The van der Waals surface area contributed by atoms with Crippen LogP contribution in [0.15, 0.2) is 0 Å². The van der Waals surface area contributed by atoms with Crippen LogP contribution in [0.1, 0.15) is 47.0 Å². The van der Waals surface area contributed by atoms with Gasteiger partial charge in [0.1, 0.15) is 0 Å². The molecule has 2 unspecified atom stereocenters. The van der Waals surface area contributed by atoms with Gasteiger partial charge in [0.25, 0.3) is 0 Å². The fourth-order valence-electron chi connectivity index (χ4n) is 2.77. The van der Waals surface area contributed by atoms with Crippen molar-refractivity contribution < 1.29 is 9.53 Å². The number of piperidine rings is 1. The third-order valence-corrected chi connectivity index (χ3v) is 3.91. The minimum absolute atomic E-state index is 0.0673. The van der Waals surface area contributed by atoms with Crippen LogP contribution < -0.4 is 11.1 Å². The van der Waals surface area contributed by atoms with Crippen molar-refractivity contribution in [2.24, 2.45) is 5.73 Å². The van der Waals surface area contributed by atoms with Gasteiger partial charge < -0.3 is 15.8 Å². The number of amides is 1. The van der Waals surface area contributed by atoms with E-state index in [4.69, 9.17) is 10.5 Å². The normalized spacial score (nSPS) is 26.3. The summed E-state index contributed by atoms with van der Waals surface area (Å²) < 4.78 is 5.61. The summed E-state index contributed by atoms with van der Waals surface area (Å²) >= 11 is 0. The number of carbonyl (C=O) groups is 1. The Morgan fingerprint density at radius 3 is 2.65 bits per heavy atom. The van der Waals surface area contributed by atoms with Crippen LogP contribution in [0.5, 0.6) is 0 Å². The van der Waals surface area contributed by atoms with Crippen molar-refractivity contribution in [3.05, 3.63) is 0 Å². The molecule has 5 heteroatoms. The number of hydrogen-bond donors (Lipinski definition) is 2. The number of methoxy groups -OCH3 is 1. The van der Waals surface area contributed by atoms with Crippen molar-refractivity contribution in [2.45, 2.75) is 64.1 Å². The van der Waals surface area contributed by atoms with Gasteiger partial charge in [0.2, 0.25) is 5.91 Å². The molecule has 1 fully saturated rings. The molecule has 0 aromatic heterocycles. The quantitative estimate of drug-likeness (QED) is 0.794. The van der Waals surface area contributed by atoms with Crippen LogP contribution >= 0.6 is 0 Å². The van der Waals surface area contributed by atoms with Gasteiger partial charge in [0, 0.05) is 38.2 Å². The van der Waals surface area contributed by atoms with Gasteiger partial charge in [-0.25, -0.2) is 0 Å². The van der Waals surface area contributed by atoms with E-state index in [2.05, 4.69) is 17.1 Å². The molecule has 5 nitrogen and oxygen atoms in total. The smallest absolute Gasteiger partial charge is 0.222 e. The first kappa shape index (κ1) is 17.4. The predicted octanol–water partition coefficient (Wildman–Crippen LogP) is 1.12. The Morgan fingerprint density at radius 1 is 1.50 bits per heavy atom. The summed E-state index contributed by atoms with van der Waals surface area (Å²) in [6.07, 6.45) is 2.60. The molecule has 0 saturated carbocycles. The molecule has 1 heterocycles. The number of rotatable bonds is 5. The first-order chi connectivity index (χ1) is 9.19. The Labute approximate surface area is 123 Å². The molecule has 0 aliphatic carbocycles. The SMILES string of the molecule is COC1(C)CCCN(C(CN)CC(=O)NC(C)(C)C)C1. The van der Waals surface area contributed by atoms with E-state index in [1.165, 1.54) is 0 Å². The van der Waals surface area contributed by atoms with Crippen LogP contribution in [0.4, 0.5) is 0 Å². The molecule has 1 saturated heterocycles. The van der Waals surface area contributed by atoms with E-state index in [1.807, 2.05) is 20.8 Å². The number of carbonyl (C=O) groups excluding carboxylic acids is 1. The maximum absolute atomic E-state index is 12.1. The Balaban J connectivity index is 2.59. The van der Waals surface area contributed by atoms with Crippen LogP contribution in [0.2, 0.25) is 0 Å². The number of ether oxygens (including phenoxy) is 1.